The first-order valence-corrected chi connectivity index (χ1v) is 6.12. The average molecular weight is 241 g/mol. The van der Waals surface area contributed by atoms with E-state index in [1.807, 2.05) is 11.8 Å². The van der Waals surface area contributed by atoms with Crippen LogP contribution in [-0.2, 0) is 12.3 Å². The van der Waals surface area contributed by atoms with Crippen LogP contribution in [0.3, 0.4) is 0 Å². The molecule has 1 aromatic heterocycles. The number of hydrogen-bond donors (Lipinski definition) is 0. The van der Waals surface area contributed by atoms with Gasteiger partial charge >= 0.3 is 0 Å². The van der Waals surface area contributed by atoms with Crippen molar-refractivity contribution in [3.05, 3.63) is 30.1 Å². The molecule has 15 heavy (non-hydrogen) atoms. The van der Waals surface area contributed by atoms with E-state index in [1.54, 1.807) is 0 Å². The van der Waals surface area contributed by atoms with Crippen molar-refractivity contribution in [2.24, 2.45) is 0 Å². The van der Waals surface area contributed by atoms with Gasteiger partial charge in [-0.05, 0) is 24.3 Å². The molecular formula is C11H13ClN2S. The van der Waals surface area contributed by atoms with Gasteiger partial charge in [0.1, 0.15) is 5.82 Å². The molecule has 0 saturated heterocycles. The molecule has 2 heterocycles. The summed E-state index contributed by atoms with van der Waals surface area (Å²) in [7, 11) is 0. The van der Waals surface area contributed by atoms with Crippen LogP contribution in [0.2, 0.25) is 0 Å². The third kappa shape index (κ3) is 1.86. The van der Waals surface area contributed by atoms with Crippen LogP contribution in [0.25, 0.3) is 11.0 Å². The van der Waals surface area contributed by atoms with Crippen LogP contribution in [0, 0.1) is 0 Å². The second-order valence-electron chi connectivity index (χ2n) is 3.57. The number of para-hydroxylation sites is 2. The molecule has 0 aliphatic carbocycles. The Balaban J connectivity index is 0.000000853. The van der Waals surface area contributed by atoms with Crippen LogP contribution in [0.5, 0.6) is 0 Å². The molecule has 80 valence electrons. The summed E-state index contributed by atoms with van der Waals surface area (Å²) in [5.74, 6) is 3.57. The summed E-state index contributed by atoms with van der Waals surface area (Å²) in [4.78, 5) is 4.66. The smallest absolute Gasteiger partial charge is 0.119 e. The van der Waals surface area contributed by atoms with E-state index in [2.05, 4.69) is 33.8 Å². The van der Waals surface area contributed by atoms with Gasteiger partial charge < -0.3 is 4.57 Å². The number of aryl methyl sites for hydroxylation is 1. The number of rotatable bonds is 0. The van der Waals surface area contributed by atoms with Gasteiger partial charge in [-0.1, -0.05) is 12.1 Å². The minimum atomic E-state index is 0. The van der Waals surface area contributed by atoms with Gasteiger partial charge in [-0.25, -0.2) is 4.98 Å². The van der Waals surface area contributed by atoms with Crippen molar-refractivity contribution in [2.45, 2.75) is 18.7 Å². The highest BCUT2D eigenvalue weighted by Gasteiger charge is 2.12. The molecule has 0 atom stereocenters. The lowest BCUT2D eigenvalue weighted by atomic mass is 10.3. The van der Waals surface area contributed by atoms with Crippen LogP contribution in [0.15, 0.2) is 24.3 Å². The first-order valence-electron chi connectivity index (χ1n) is 4.97. The van der Waals surface area contributed by atoms with E-state index < -0.39 is 0 Å². The predicted octanol–water partition coefficient (Wildman–Crippen LogP) is 3.10. The van der Waals surface area contributed by atoms with Crippen molar-refractivity contribution in [1.29, 1.82) is 0 Å². The molecule has 0 spiro atoms. The van der Waals surface area contributed by atoms with E-state index in [4.69, 9.17) is 0 Å². The molecule has 0 bridgehead atoms. The van der Waals surface area contributed by atoms with Crippen molar-refractivity contribution < 1.29 is 0 Å². The lowest BCUT2D eigenvalue weighted by Crippen LogP contribution is -1.99. The Labute approximate surface area is 99.5 Å². The van der Waals surface area contributed by atoms with Gasteiger partial charge in [-0.15, -0.1) is 12.4 Å². The molecule has 1 aromatic carbocycles. The van der Waals surface area contributed by atoms with E-state index in [0.717, 1.165) is 17.8 Å². The maximum atomic E-state index is 4.66. The van der Waals surface area contributed by atoms with Gasteiger partial charge in [0.25, 0.3) is 0 Å². The highest BCUT2D eigenvalue weighted by molar-refractivity contribution is 7.98. The average Bonchev–Trinajstić information content (AvgIpc) is 2.42. The van der Waals surface area contributed by atoms with Crippen molar-refractivity contribution in [3.63, 3.8) is 0 Å². The second kappa shape index (κ2) is 4.45. The zero-order valence-corrected chi connectivity index (χ0v) is 9.98. The standard InChI is InChI=1S/C11H12N2S.ClH/c1-2-5-10-9(4-1)12-11-8-14-7-3-6-13(10)11;/h1-2,4-5H,3,6-8H2;1H. The topological polar surface area (TPSA) is 17.8 Å². The fraction of sp³-hybridized carbons (Fsp3) is 0.364. The molecule has 0 saturated carbocycles. The zero-order chi connectivity index (χ0) is 9.38. The molecule has 2 nitrogen and oxygen atoms in total. The summed E-state index contributed by atoms with van der Waals surface area (Å²) >= 11 is 1.99. The largest absolute Gasteiger partial charge is 0.327 e. The van der Waals surface area contributed by atoms with Crippen LogP contribution in [-0.4, -0.2) is 15.3 Å². The fourth-order valence-electron chi connectivity index (χ4n) is 1.97. The third-order valence-corrected chi connectivity index (χ3v) is 3.67. The number of halogens is 1. The van der Waals surface area contributed by atoms with Crippen LogP contribution in [0.4, 0.5) is 0 Å². The number of thioether (sulfide) groups is 1. The molecule has 4 heteroatoms. The predicted molar refractivity (Wildman–Crippen MR) is 67.8 cm³/mol. The second-order valence-corrected chi connectivity index (χ2v) is 4.68. The minimum absolute atomic E-state index is 0. The van der Waals surface area contributed by atoms with Gasteiger partial charge in [-0.3, -0.25) is 0 Å². The van der Waals surface area contributed by atoms with Gasteiger partial charge in [0, 0.05) is 6.54 Å². The summed E-state index contributed by atoms with van der Waals surface area (Å²) in [6.45, 7) is 1.13. The Morgan fingerprint density at radius 3 is 3.07 bits per heavy atom. The molecule has 1 aliphatic rings. The summed E-state index contributed by atoms with van der Waals surface area (Å²) < 4.78 is 2.37. The molecule has 0 N–H and O–H groups in total. The number of hydrogen-bond acceptors (Lipinski definition) is 2. The molecule has 0 unspecified atom stereocenters. The van der Waals surface area contributed by atoms with Crippen molar-refractivity contribution in [1.82, 2.24) is 9.55 Å². The Bertz CT molecular complexity index is 467. The normalized spacial score (nSPS) is 15.5. The van der Waals surface area contributed by atoms with Gasteiger partial charge in [0.15, 0.2) is 0 Å². The molecule has 1 aliphatic heterocycles. The molecule has 2 aromatic rings. The maximum absolute atomic E-state index is 4.66. The number of imidazole rings is 1. The SMILES string of the molecule is Cl.c1ccc2c(c1)nc1n2CCCSC1. The minimum Gasteiger partial charge on any atom is -0.327 e. The highest BCUT2D eigenvalue weighted by atomic mass is 35.5. The van der Waals surface area contributed by atoms with E-state index in [1.165, 1.54) is 23.5 Å². The summed E-state index contributed by atoms with van der Waals surface area (Å²) in [5.41, 5.74) is 2.44. The number of benzene rings is 1. The zero-order valence-electron chi connectivity index (χ0n) is 8.35. The Morgan fingerprint density at radius 1 is 1.27 bits per heavy atom. The first-order chi connectivity index (χ1) is 6.95. The Kier molecular flexibility index (Phi) is 3.22. The van der Waals surface area contributed by atoms with Gasteiger partial charge in [-0.2, -0.15) is 11.8 Å². The molecule has 0 fully saturated rings. The summed E-state index contributed by atoms with van der Waals surface area (Å²) in [6.07, 6.45) is 1.26. The molecule has 3 rings (SSSR count). The molecule has 0 amide bonds. The van der Waals surface area contributed by atoms with E-state index in [-0.39, 0.29) is 12.4 Å². The monoisotopic (exact) mass is 240 g/mol. The van der Waals surface area contributed by atoms with Crippen LogP contribution < -0.4 is 0 Å². The lowest BCUT2D eigenvalue weighted by molar-refractivity contribution is 0.688. The Hall–Kier alpha value is -0.670. The van der Waals surface area contributed by atoms with Gasteiger partial charge in [0.2, 0.25) is 0 Å². The number of nitrogens with zero attached hydrogens (tertiary/aromatic N) is 2. The summed E-state index contributed by atoms with van der Waals surface area (Å²) in [5, 5.41) is 0. The maximum Gasteiger partial charge on any atom is 0.119 e. The van der Waals surface area contributed by atoms with Crippen molar-refractivity contribution in [3.8, 4) is 0 Å². The fourth-order valence-corrected chi connectivity index (χ4v) is 2.85. The van der Waals surface area contributed by atoms with Crippen molar-refractivity contribution in [2.75, 3.05) is 5.75 Å². The van der Waals surface area contributed by atoms with Crippen LogP contribution >= 0.6 is 24.2 Å². The van der Waals surface area contributed by atoms with E-state index in [9.17, 15) is 0 Å². The quantitative estimate of drug-likeness (QED) is 0.704. The van der Waals surface area contributed by atoms with E-state index in [0.29, 0.717) is 0 Å². The summed E-state index contributed by atoms with van der Waals surface area (Å²) in [6, 6.07) is 8.42. The lowest BCUT2D eigenvalue weighted by Gasteiger charge is -2.02. The number of fused-ring (bicyclic) bond motifs is 3. The third-order valence-electron chi connectivity index (χ3n) is 2.64. The first kappa shape index (κ1) is 10.8. The van der Waals surface area contributed by atoms with Crippen LogP contribution in [0.1, 0.15) is 12.2 Å². The van der Waals surface area contributed by atoms with Gasteiger partial charge in [0.05, 0.1) is 16.8 Å². The highest BCUT2D eigenvalue weighted by Crippen LogP contribution is 2.23. The van der Waals surface area contributed by atoms with E-state index >= 15 is 0 Å². The Morgan fingerprint density at radius 2 is 2.13 bits per heavy atom. The number of aromatic nitrogens is 2. The molecular weight excluding hydrogens is 228 g/mol. The molecule has 0 radical (unpaired) electrons. The van der Waals surface area contributed by atoms with Crippen molar-refractivity contribution >= 4 is 35.2 Å².